The van der Waals surface area contributed by atoms with Gasteiger partial charge in [0.2, 0.25) is 0 Å². The standard InChI is InChI=1S/C4H4N2.C3H4OS/c1-2-5-4-6-3-1;1-2-4-5-3-1/h1-4H;1-2H,3H2. The molecule has 0 saturated heterocycles. The van der Waals surface area contributed by atoms with Gasteiger partial charge in [0, 0.05) is 12.4 Å². The Labute approximate surface area is 69.7 Å². The van der Waals surface area contributed by atoms with Crippen molar-refractivity contribution < 1.29 is 4.18 Å². The summed E-state index contributed by atoms with van der Waals surface area (Å²) in [5.74, 6) is 1.01. The first kappa shape index (κ1) is 8.07. The fourth-order valence-corrected chi connectivity index (χ4v) is 0.843. The van der Waals surface area contributed by atoms with Gasteiger partial charge >= 0.3 is 0 Å². The lowest BCUT2D eigenvalue weighted by molar-refractivity contribution is 0.579. The molecule has 0 aliphatic carbocycles. The van der Waals surface area contributed by atoms with Crippen molar-refractivity contribution >= 4 is 12.0 Å². The third-order valence-corrected chi connectivity index (χ3v) is 1.44. The minimum atomic E-state index is 1.01. The maximum Gasteiger partial charge on any atom is 0.115 e. The highest BCUT2D eigenvalue weighted by atomic mass is 32.2. The van der Waals surface area contributed by atoms with Crippen molar-refractivity contribution in [2.24, 2.45) is 0 Å². The van der Waals surface area contributed by atoms with Crippen molar-refractivity contribution in [1.82, 2.24) is 9.97 Å². The molecule has 1 aromatic rings. The number of rotatable bonds is 0. The van der Waals surface area contributed by atoms with Gasteiger partial charge in [-0.1, -0.05) is 0 Å². The molecule has 1 aliphatic heterocycles. The van der Waals surface area contributed by atoms with Gasteiger partial charge in [0.25, 0.3) is 0 Å². The second-order valence-corrected chi connectivity index (χ2v) is 2.42. The van der Waals surface area contributed by atoms with Crippen molar-refractivity contribution in [3.8, 4) is 0 Å². The van der Waals surface area contributed by atoms with E-state index in [1.807, 2.05) is 6.08 Å². The smallest absolute Gasteiger partial charge is 0.115 e. The van der Waals surface area contributed by atoms with Crippen molar-refractivity contribution in [3.63, 3.8) is 0 Å². The van der Waals surface area contributed by atoms with Crippen LogP contribution in [0.5, 0.6) is 0 Å². The highest BCUT2D eigenvalue weighted by Crippen LogP contribution is 2.08. The first-order chi connectivity index (χ1) is 5.50. The normalized spacial score (nSPS) is 13.1. The molecule has 1 aromatic heterocycles. The minimum Gasteiger partial charge on any atom is -0.433 e. The van der Waals surface area contributed by atoms with E-state index in [0.717, 1.165) is 5.75 Å². The van der Waals surface area contributed by atoms with Crippen molar-refractivity contribution in [3.05, 3.63) is 37.1 Å². The van der Waals surface area contributed by atoms with Crippen molar-refractivity contribution in [1.29, 1.82) is 0 Å². The van der Waals surface area contributed by atoms with Gasteiger partial charge < -0.3 is 4.18 Å². The highest BCUT2D eigenvalue weighted by Gasteiger charge is 1.85. The van der Waals surface area contributed by atoms with Crippen LogP contribution in [0.15, 0.2) is 37.1 Å². The quantitative estimate of drug-likeness (QED) is 0.552. The second kappa shape index (κ2) is 5.73. The van der Waals surface area contributed by atoms with Crippen LogP contribution in [-0.4, -0.2) is 15.7 Å². The van der Waals surface area contributed by atoms with Gasteiger partial charge in [-0.05, 0) is 12.1 Å². The number of nitrogens with zero attached hydrogens (tertiary/aromatic N) is 2. The van der Waals surface area contributed by atoms with Gasteiger partial charge in [-0.25, -0.2) is 9.97 Å². The summed E-state index contributed by atoms with van der Waals surface area (Å²) in [5.41, 5.74) is 0. The van der Waals surface area contributed by atoms with Crippen LogP contribution in [0.3, 0.4) is 0 Å². The molecule has 0 fully saturated rings. The Balaban J connectivity index is 0.000000112. The predicted octanol–water partition coefficient (Wildman–Crippen LogP) is 1.66. The third-order valence-electron chi connectivity index (χ3n) is 0.862. The van der Waals surface area contributed by atoms with Crippen LogP contribution in [-0.2, 0) is 4.18 Å². The molecule has 0 atom stereocenters. The minimum absolute atomic E-state index is 1.01. The lowest BCUT2D eigenvalue weighted by atomic mass is 10.7. The van der Waals surface area contributed by atoms with Gasteiger partial charge in [0.1, 0.15) is 6.33 Å². The van der Waals surface area contributed by atoms with Crippen LogP contribution in [0, 0.1) is 0 Å². The van der Waals surface area contributed by atoms with E-state index in [0.29, 0.717) is 0 Å². The van der Waals surface area contributed by atoms with E-state index in [1.54, 1.807) is 24.7 Å². The molecule has 0 N–H and O–H groups in total. The monoisotopic (exact) mass is 168 g/mol. The summed E-state index contributed by atoms with van der Waals surface area (Å²) in [6, 6.07) is 1.78. The van der Waals surface area contributed by atoms with E-state index in [9.17, 15) is 0 Å². The molecule has 0 unspecified atom stereocenters. The highest BCUT2D eigenvalue weighted by molar-refractivity contribution is 7.95. The summed E-state index contributed by atoms with van der Waals surface area (Å²) in [6.45, 7) is 0. The van der Waals surface area contributed by atoms with Crippen LogP contribution < -0.4 is 0 Å². The lowest BCUT2D eigenvalue weighted by Gasteiger charge is -1.76. The van der Waals surface area contributed by atoms with E-state index in [2.05, 4.69) is 14.2 Å². The summed E-state index contributed by atoms with van der Waals surface area (Å²) in [5, 5.41) is 0. The van der Waals surface area contributed by atoms with Crippen LogP contribution in [0.25, 0.3) is 0 Å². The topological polar surface area (TPSA) is 35.0 Å². The summed E-state index contributed by atoms with van der Waals surface area (Å²) in [7, 11) is 0. The SMILES string of the molecule is C1=COSC1.c1cncnc1. The number of hydrogen-bond acceptors (Lipinski definition) is 4. The van der Waals surface area contributed by atoms with Crippen LogP contribution in [0.2, 0.25) is 0 Å². The molecule has 2 rings (SSSR count). The Morgan fingerprint density at radius 1 is 1.27 bits per heavy atom. The van der Waals surface area contributed by atoms with Gasteiger partial charge in [-0.15, -0.1) is 0 Å². The molecule has 2 heterocycles. The van der Waals surface area contributed by atoms with Crippen molar-refractivity contribution in [2.45, 2.75) is 0 Å². The molecular formula is C7H8N2OS. The molecule has 0 amide bonds. The maximum atomic E-state index is 4.68. The molecule has 0 aromatic carbocycles. The van der Waals surface area contributed by atoms with Crippen LogP contribution in [0.4, 0.5) is 0 Å². The lowest BCUT2D eigenvalue weighted by Crippen LogP contribution is -1.66. The van der Waals surface area contributed by atoms with Gasteiger partial charge in [-0.3, -0.25) is 0 Å². The fraction of sp³-hybridized carbons (Fsp3) is 0.143. The zero-order valence-electron chi connectivity index (χ0n) is 5.88. The Morgan fingerprint density at radius 2 is 2.09 bits per heavy atom. The second-order valence-electron chi connectivity index (χ2n) is 1.66. The first-order valence-electron chi connectivity index (χ1n) is 3.13. The van der Waals surface area contributed by atoms with Gasteiger partial charge in [0.05, 0.1) is 24.1 Å². The Morgan fingerprint density at radius 3 is 2.27 bits per heavy atom. The third kappa shape index (κ3) is 4.38. The van der Waals surface area contributed by atoms with Gasteiger partial charge in [-0.2, -0.15) is 0 Å². The molecule has 11 heavy (non-hydrogen) atoms. The van der Waals surface area contributed by atoms with E-state index >= 15 is 0 Å². The first-order valence-corrected chi connectivity index (χ1v) is 4.04. The predicted molar refractivity (Wildman–Crippen MR) is 44.7 cm³/mol. The molecule has 0 bridgehead atoms. The Hall–Kier alpha value is -1.03. The summed E-state index contributed by atoms with van der Waals surface area (Å²) < 4.78 is 4.68. The van der Waals surface area contributed by atoms with E-state index in [4.69, 9.17) is 0 Å². The van der Waals surface area contributed by atoms with Crippen molar-refractivity contribution in [2.75, 3.05) is 5.75 Å². The average molecular weight is 168 g/mol. The summed E-state index contributed by atoms with van der Waals surface area (Å²) in [6.07, 6.45) is 8.55. The summed E-state index contributed by atoms with van der Waals surface area (Å²) >= 11 is 1.46. The van der Waals surface area contributed by atoms with E-state index in [1.165, 1.54) is 18.4 Å². The molecule has 4 heteroatoms. The Kier molecular flexibility index (Phi) is 4.21. The molecule has 0 spiro atoms. The maximum absolute atomic E-state index is 4.68. The average Bonchev–Trinajstić information content (AvgIpc) is 2.64. The number of aromatic nitrogens is 2. The van der Waals surface area contributed by atoms with Crippen LogP contribution in [0.1, 0.15) is 0 Å². The van der Waals surface area contributed by atoms with Gasteiger partial charge in [0.15, 0.2) is 0 Å². The van der Waals surface area contributed by atoms with E-state index < -0.39 is 0 Å². The molecule has 0 radical (unpaired) electrons. The van der Waals surface area contributed by atoms with Crippen LogP contribution >= 0.6 is 12.0 Å². The molecule has 3 nitrogen and oxygen atoms in total. The van der Waals surface area contributed by atoms with E-state index in [-0.39, 0.29) is 0 Å². The molecule has 0 saturated carbocycles. The molecule has 58 valence electrons. The largest absolute Gasteiger partial charge is 0.433 e. The number of hydrogen-bond donors (Lipinski definition) is 0. The zero-order chi connectivity index (χ0) is 7.78. The Bertz CT molecular complexity index is 170. The fourth-order valence-electron chi connectivity index (χ4n) is 0.450. The molecule has 1 aliphatic rings. The molecular weight excluding hydrogens is 160 g/mol. The zero-order valence-corrected chi connectivity index (χ0v) is 6.70. The summed E-state index contributed by atoms with van der Waals surface area (Å²) in [4.78, 5) is 7.35.